The predicted octanol–water partition coefficient (Wildman–Crippen LogP) is 2.30. The van der Waals surface area contributed by atoms with E-state index in [2.05, 4.69) is 4.99 Å². The van der Waals surface area contributed by atoms with E-state index in [1.165, 1.54) is 14.2 Å². The molecule has 0 spiro atoms. The highest BCUT2D eigenvalue weighted by atomic mass is 16.5. The van der Waals surface area contributed by atoms with Gasteiger partial charge in [0, 0.05) is 16.7 Å². The van der Waals surface area contributed by atoms with Crippen LogP contribution in [-0.2, 0) is 0 Å². The fourth-order valence-corrected chi connectivity index (χ4v) is 3.02. The maximum Gasteiger partial charge on any atom is 0.297 e. The highest BCUT2D eigenvalue weighted by Crippen LogP contribution is 2.29. The average molecular weight is 364 g/mol. The van der Waals surface area contributed by atoms with Gasteiger partial charge in [0.25, 0.3) is 11.9 Å². The maximum absolute atomic E-state index is 9.82. The SMILES string of the molecule is COc1cc(C2=N[N+]3=C(c4ccc(O)c(OC)c4)C=NC3C=C2)ccc1O. The Bertz CT molecular complexity index is 1040. The summed E-state index contributed by atoms with van der Waals surface area (Å²) in [4.78, 5) is 4.47. The number of phenolic OH excluding ortho intramolecular Hbond substituents is 2. The van der Waals surface area contributed by atoms with Gasteiger partial charge < -0.3 is 19.7 Å². The first-order valence-corrected chi connectivity index (χ1v) is 8.31. The van der Waals surface area contributed by atoms with Crippen molar-refractivity contribution in [3.8, 4) is 23.0 Å². The Morgan fingerprint density at radius 1 is 0.926 bits per heavy atom. The maximum atomic E-state index is 9.82. The summed E-state index contributed by atoms with van der Waals surface area (Å²) in [6.07, 6.45) is 5.38. The lowest BCUT2D eigenvalue weighted by Crippen LogP contribution is -2.25. The molecule has 0 aromatic heterocycles. The Morgan fingerprint density at radius 2 is 1.56 bits per heavy atom. The molecule has 2 heterocycles. The molecule has 0 fully saturated rings. The van der Waals surface area contributed by atoms with Crippen molar-refractivity contribution in [3.63, 3.8) is 0 Å². The van der Waals surface area contributed by atoms with E-state index in [0.29, 0.717) is 11.5 Å². The van der Waals surface area contributed by atoms with Gasteiger partial charge >= 0.3 is 0 Å². The lowest BCUT2D eigenvalue weighted by Gasteiger charge is -2.10. The zero-order valence-electron chi connectivity index (χ0n) is 14.8. The molecule has 2 aromatic rings. The molecule has 7 heteroatoms. The van der Waals surface area contributed by atoms with Crippen LogP contribution in [0.5, 0.6) is 23.0 Å². The molecule has 2 aliphatic heterocycles. The molecule has 0 amide bonds. The second-order valence-corrected chi connectivity index (χ2v) is 6.04. The number of hydrazone groups is 1. The van der Waals surface area contributed by atoms with Crippen molar-refractivity contribution in [1.82, 2.24) is 0 Å². The largest absolute Gasteiger partial charge is 0.504 e. The van der Waals surface area contributed by atoms with E-state index < -0.39 is 0 Å². The number of phenols is 2. The van der Waals surface area contributed by atoms with Crippen LogP contribution < -0.4 is 9.47 Å². The Balaban J connectivity index is 1.78. The fourth-order valence-electron chi connectivity index (χ4n) is 3.02. The highest BCUT2D eigenvalue weighted by molar-refractivity contribution is 6.36. The number of aliphatic imine (C=N–C) groups is 1. The van der Waals surface area contributed by atoms with Gasteiger partial charge in [0.15, 0.2) is 23.0 Å². The zero-order chi connectivity index (χ0) is 19.0. The summed E-state index contributed by atoms with van der Waals surface area (Å²) in [6.45, 7) is 0. The topological polar surface area (TPSA) is 86.7 Å². The van der Waals surface area contributed by atoms with Gasteiger partial charge in [-0.05, 0) is 42.5 Å². The van der Waals surface area contributed by atoms with Crippen LogP contribution in [0.15, 0.2) is 58.6 Å². The lowest BCUT2D eigenvalue weighted by molar-refractivity contribution is -0.553. The monoisotopic (exact) mass is 364 g/mol. The molecule has 0 bridgehead atoms. The normalized spacial score (nSPS) is 17.7. The van der Waals surface area contributed by atoms with Crippen molar-refractivity contribution >= 4 is 17.6 Å². The number of allylic oxidation sites excluding steroid dienone is 1. The van der Waals surface area contributed by atoms with Crippen LogP contribution in [0.4, 0.5) is 0 Å². The molecule has 2 aliphatic rings. The molecule has 1 atom stereocenters. The molecule has 2 aromatic carbocycles. The van der Waals surface area contributed by atoms with E-state index in [1.54, 1.807) is 47.3 Å². The van der Waals surface area contributed by atoms with Crippen molar-refractivity contribution in [2.24, 2.45) is 10.1 Å². The second-order valence-electron chi connectivity index (χ2n) is 6.04. The molecule has 0 saturated carbocycles. The molecule has 27 heavy (non-hydrogen) atoms. The summed E-state index contributed by atoms with van der Waals surface area (Å²) in [7, 11) is 3.01. The second kappa shape index (κ2) is 6.60. The predicted molar refractivity (Wildman–Crippen MR) is 102 cm³/mol. The number of benzene rings is 2. The first-order chi connectivity index (χ1) is 13.1. The van der Waals surface area contributed by atoms with Crippen LogP contribution in [0.3, 0.4) is 0 Å². The van der Waals surface area contributed by atoms with Crippen LogP contribution in [0.1, 0.15) is 11.1 Å². The number of methoxy groups -OCH3 is 2. The van der Waals surface area contributed by atoms with Gasteiger partial charge in [-0.1, -0.05) is 4.68 Å². The summed E-state index contributed by atoms with van der Waals surface area (Å²) >= 11 is 0. The van der Waals surface area contributed by atoms with E-state index >= 15 is 0 Å². The van der Waals surface area contributed by atoms with E-state index in [9.17, 15) is 10.2 Å². The van der Waals surface area contributed by atoms with E-state index in [1.807, 2.05) is 12.2 Å². The van der Waals surface area contributed by atoms with Crippen LogP contribution in [0, 0.1) is 0 Å². The molecule has 0 radical (unpaired) electrons. The minimum atomic E-state index is -0.220. The summed E-state index contributed by atoms with van der Waals surface area (Å²) in [5.74, 6) is 0.924. The standard InChI is InChI=1S/C20H17N3O4/c1-26-18-9-12(3-6-16(18)24)14-5-8-20-21-11-15(23(20)22-14)13-4-7-17(25)19(10-13)27-2/h3-11,20H,1-2H3,(H,22,24)/p+1. The number of hydrogen-bond donors (Lipinski definition) is 2. The van der Waals surface area contributed by atoms with E-state index in [4.69, 9.17) is 14.6 Å². The smallest absolute Gasteiger partial charge is 0.297 e. The quantitative estimate of drug-likeness (QED) is 0.815. The molecular weight excluding hydrogens is 346 g/mol. The Labute approximate surface area is 155 Å². The third-order valence-corrected chi connectivity index (χ3v) is 4.44. The van der Waals surface area contributed by atoms with Gasteiger partial charge in [0.1, 0.15) is 11.9 Å². The van der Waals surface area contributed by atoms with Crippen molar-refractivity contribution in [3.05, 3.63) is 59.7 Å². The van der Waals surface area contributed by atoms with Crippen molar-refractivity contribution in [1.29, 1.82) is 0 Å². The zero-order valence-corrected chi connectivity index (χ0v) is 14.8. The van der Waals surface area contributed by atoms with Gasteiger partial charge in [0.2, 0.25) is 0 Å². The number of fused-ring (bicyclic) bond motifs is 1. The van der Waals surface area contributed by atoms with Gasteiger partial charge in [-0.3, -0.25) is 0 Å². The Hall–Kier alpha value is -3.61. The van der Waals surface area contributed by atoms with Gasteiger partial charge in [-0.2, -0.15) is 0 Å². The van der Waals surface area contributed by atoms with Crippen LogP contribution >= 0.6 is 0 Å². The average Bonchev–Trinajstić information content (AvgIpc) is 3.12. The molecule has 0 saturated heterocycles. The highest BCUT2D eigenvalue weighted by Gasteiger charge is 2.33. The molecular formula is C20H18N3O4+. The fraction of sp³-hybridized carbons (Fsp3) is 0.150. The number of ether oxygens (including phenoxy) is 2. The summed E-state index contributed by atoms with van der Waals surface area (Å²) in [6, 6.07) is 10.2. The minimum absolute atomic E-state index is 0.0762. The van der Waals surface area contributed by atoms with Crippen molar-refractivity contribution in [2.75, 3.05) is 14.2 Å². The summed E-state index contributed by atoms with van der Waals surface area (Å²) < 4.78 is 12.2. The van der Waals surface area contributed by atoms with E-state index in [-0.39, 0.29) is 17.7 Å². The molecule has 7 nitrogen and oxygen atoms in total. The minimum Gasteiger partial charge on any atom is -0.504 e. The Kier molecular flexibility index (Phi) is 4.12. The summed E-state index contributed by atoms with van der Waals surface area (Å²) in [5.41, 5.74) is 3.16. The third kappa shape index (κ3) is 2.93. The molecule has 1 unspecified atom stereocenters. The van der Waals surface area contributed by atoms with Gasteiger partial charge in [-0.25, -0.2) is 4.99 Å². The van der Waals surface area contributed by atoms with Crippen LogP contribution in [0.2, 0.25) is 0 Å². The first-order valence-electron chi connectivity index (χ1n) is 8.31. The molecule has 4 rings (SSSR count). The van der Waals surface area contributed by atoms with Crippen molar-refractivity contribution in [2.45, 2.75) is 6.17 Å². The Morgan fingerprint density at radius 3 is 2.22 bits per heavy atom. The number of nitrogens with zero attached hydrogens (tertiary/aromatic N) is 3. The van der Waals surface area contributed by atoms with Crippen LogP contribution in [-0.4, -0.2) is 52.9 Å². The third-order valence-electron chi connectivity index (χ3n) is 4.44. The van der Waals surface area contributed by atoms with Gasteiger partial charge in [0.05, 0.1) is 19.8 Å². The number of aromatic hydroxyl groups is 2. The molecule has 2 N–H and O–H groups in total. The van der Waals surface area contributed by atoms with Gasteiger partial charge in [-0.15, -0.1) is 0 Å². The number of rotatable bonds is 4. The van der Waals surface area contributed by atoms with E-state index in [0.717, 1.165) is 22.6 Å². The van der Waals surface area contributed by atoms with Crippen molar-refractivity contribution < 1.29 is 24.4 Å². The lowest BCUT2D eigenvalue weighted by atomic mass is 10.1. The molecule has 0 aliphatic carbocycles. The van der Waals surface area contributed by atoms with Crippen LogP contribution in [0.25, 0.3) is 0 Å². The first kappa shape index (κ1) is 16.8. The molecule has 136 valence electrons. The number of hydrogen-bond acceptors (Lipinski definition) is 6. The summed E-state index contributed by atoms with van der Waals surface area (Å²) in [5, 5.41) is 24.3.